The summed E-state index contributed by atoms with van der Waals surface area (Å²) < 4.78 is 25.3. The molecule has 9 heteroatoms. The third-order valence-electron chi connectivity index (χ3n) is 5.49. The highest BCUT2D eigenvalue weighted by Crippen LogP contribution is 2.25. The minimum Gasteiger partial charge on any atom is -0.371 e. The summed E-state index contributed by atoms with van der Waals surface area (Å²) in [5.41, 5.74) is 1.15. The number of amides is 2. The van der Waals surface area contributed by atoms with Gasteiger partial charge in [0.05, 0.1) is 6.26 Å². The molecule has 28 heavy (non-hydrogen) atoms. The van der Waals surface area contributed by atoms with E-state index in [4.69, 9.17) is 11.6 Å². The molecule has 7 nitrogen and oxygen atoms in total. The zero-order valence-electron chi connectivity index (χ0n) is 16.2. The van der Waals surface area contributed by atoms with E-state index in [1.807, 2.05) is 24.3 Å². The molecule has 0 radical (unpaired) electrons. The van der Waals surface area contributed by atoms with Crippen molar-refractivity contribution in [3.05, 3.63) is 29.3 Å². The Hall–Kier alpha value is -1.51. The van der Waals surface area contributed by atoms with Gasteiger partial charge in [0.25, 0.3) is 0 Å². The van der Waals surface area contributed by atoms with Crippen LogP contribution in [0.5, 0.6) is 0 Å². The summed E-state index contributed by atoms with van der Waals surface area (Å²) in [6, 6.07) is 7.66. The van der Waals surface area contributed by atoms with Gasteiger partial charge in [0.15, 0.2) is 0 Å². The lowest BCUT2D eigenvalue weighted by molar-refractivity contribution is 0.151. The molecule has 2 aliphatic heterocycles. The molecule has 0 aromatic heterocycles. The number of likely N-dealkylation sites (tertiary alicyclic amines) is 1. The number of anilines is 1. The number of halogens is 1. The molecule has 0 aliphatic carbocycles. The largest absolute Gasteiger partial charge is 0.371 e. The predicted molar refractivity (Wildman–Crippen MR) is 112 cm³/mol. The van der Waals surface area contributed by atoms with Crippen LogP contribution in [-0.4, -0.2) is 64.4 Å². The van der Waals surface area contributed by atoms with Crippen molar-refractivity contribution in [1.82, 2.24) is 14.9 Å². The van der Waals surface area contributed by atoms with E-state index in [-0.39, 0.29) is 18.6 Å². The van der Waals surface area contributed by atoms with Gasteiger partial charge >= 0.3 is 6.03 Å². The van der Waals surface area contributed by atoms with Crippen molar-refractivity contribution in [3.63, 3.8) is 0 Å². The number of piperidine rings is 1. The lowest BCUT2D eigenvalue weighted by Crippen LogP contribution is -2.53. The molecule has 0 spiro atoms. The van der Waals surface area contributed by atoms with Crippen molar-refractivity contribution >= 4 is 33.3 Å². The number of rotatable bonds is 6. The molecular formula is C19H29ClN4O3S. The summed E-state index contributed by atoms with van der Waals surface area (Å²) in [6.45, 7) is 3.45. The fraction of sp³-hybridized carbons (Fsp3) is 0.632. The first-order chi connectivity index (χ1) is 13.3. The minimum atomic E-state index is -3.26. The molecule has 1 aromatic carbocycles. The topological polar surface area (TPSA) is 81.8 Å². The number of urea groups is 1. The van der Waals surface area contributed by atoms with Gasteiger partial charge in [-0.3, -0.25) is 0 Å². The van der Waals surface area contributed by atoms with Crippen LogP contribution in [0.15, 0.2) is 24.3 Å². The number of hydrogen-bond donors (Lipinski definition) is 2. The summed E-state index contributed by atoms with van der Waals surface area (Å²) in [4.78, 5) is 16.8. The zero-order valence-corrected chi connectivity index (χ0v) is 17.8. The van der Waals surface area contributed by atoms with Crippen LogP contribution in [0.1, 0.15) is 25.7 Å². The lowest BCUT2D eigenvalue weighted by Gasteiger charge is -2.36. The van der Waals surface area contributed by atoms with Crippen molar-refractivity contribution in [2.45, 2.75) is 31.7 Å². The predicted octanol–water partition coefficient (Wildman–Crippen LogP) is 2.28. The van der Waals surface area contributed by atoms with Gasteiger partial charge in [0, 0.05) is 49.5 Å². The second kappa shape index (κ2) is 9.33. The van der Waals surface area contributed by atoms with Gasteiger partial charge in [-0.05, 0) is 55.9 Å². The van der Waals surface area contributed by atoms with Crippen molar-refractivity contribution in [2.24, 2.45) is 5.92 Å². The van der Waals surface area contributed by atoms with Crippen LogP contribution in [0.4, 0.5) is 10.5 Å². The van der Waals surface area contributed by atoms with E-state index in [9.17, 15) is 13.2 Å². The molecule has 156 valence electrons. The summed E-state index contributed by atoms with van der Waals surface area (Å²) >= 11 is 5.96. The van der Waals surface area contributed by atoms with Gasteiger partial charge in [-0.1, -0.05) is 11.6 Å². The molecule has 2 fully saturated rings. The van der Waals surface area contributed by atoms with Crippen LogP contribution >= 0.6 is 11.6 Å². The highest BCUT2D eigenvalue weighted by Gasteiger charge is 2.29. The highest BCUT2D eigenvalue weighted by atomic mass is 35.5. The van der Waals surface area contributed by atoms with E-state index in [2.05, 4.69) is 14.9 Å². The molecule has 2 atom stereocenters. The van der Waals surface area contributed by atoms with Crippen molar-refractivity contribution in [2.75, 3.05) is 43.9 Å². The van der Waals surface area contributed by atoms with E-state index < -0.39 is 10.0 Å². The molecular weight excluding hydrogens is 400 g/mol. The first kappa shape index (κ1) is 21.2. The van der Waals surface area contributed by atoms with Crippen LogP contribution in [0, 0.1) is 5.92 Å². The number of carbonyl (C=O) groups is 1. The first-order valence-electron chi connectivity index (χ1n) is 9.81. The zero-order chi connectivity index (χ0) is 20.1. The number of hydrogen-bond acceptors (Lipinski definition) is 4. The Morgan fingerprint density at radius 3 is 2.61 bits per heavy atom. The third-order valence-corrected chi connectivity index (χ3v) is 6.43. The van der Waals surface area contributed by atoms with Gasteiger partial charge in [-0.2, -0.15) is 0 Å². The Labute approximate surface area is 172 Å². The van der Waals surface area contributed by atoms with Gasteiger partial charge < -0.3 is 15.1 Å². The standard InChI is InChI=1S/C19H29ClN4O3S/c1-28(26,27)22-13-18-4-2-3-10-24(18)19(25)21-12-15-9-11-23(14-15)17-7-5-16(20)6-8-17/h5-8,15,18,22H,2-4,9-14H2,1H3,(H,21,25). The summed E-state index contributed by atoms with van der Waals surface area (Å²) in [5.74, 6) is 0.400. The van der Waals surface area contributed by atoms with E-state index >= 15 is 0 Å². The highest BCUT2D eigenvalue weighted by molar-refractivity contribution is 7.88. The molecule has 2 amide bonds. The summed E-state index contributed by atoms with van der Waals surface area (Å²) in [7, 11) is -3.26. The normalized spacial score (nSPS) is 23.1. The van der Waals surface area contributed by atoms with Gasteiger partial charge in [0.1, 0.15) is 0 Å². The molecule has 2 heterocycles. The monoisotopic (exact) mass is 428 g/mol. The van der Waals surface area contributed by atoms with Crippen LogP contribution in [0.25, 0.3) is 0 Å². The third kappa shape index (κ3) is 5.99. The second-order valence-electron chi connectivity index (χ2n) is 7.73. The van der Waals surface area contributed by atoms with E-state index in [0.717, 1.165) is 55.7 Å². The van der Waals surface area contributed by atoms with E-state index in [1.54, 1.807) is 4.90 Å². The molecule has 2 saturated heterocycles. The number of nitrogens with one attached hydrogen (secondary N) is 2. The fourth-order valence-corrected chi connectivity index (χ4v) is 4.57. The smallest absolute Gasteiger partial charge is 0.317 e. The maximum atomic E-state index is 12.7. The fourth-order valence-electron chi connectivity index (χ4n) is 3.95. The average Bonchev–Trinajstić information content (AvgIpc) is 3.14. The molecule has 0 bridgehead atoms. The van der Waals surface area contributed by atoms with E-state index in [1.165, 1.54) is 0 Å². The quantitative estimate of drug-likeness (QED) is 0.728. The molecule has 3 rings (SSSR count). The first-order valence-corrected chi connectivity index (χ1v) is 12.1. The maximum absolute atomic E-state index is 12.7. The Kier molecular flexibility index (Phi) is 7.06. The number of nitrogens with zero attached hydrogens (tertiary/aromatic N) is 2. The summed E-state index contributed by atoms with van der Waals surface area (Å²) in [5, 5.41) is 3.79. The van der Waals surface area contributed by atoms with Gasteiger partial charge in [-0.25, -0.2) is 17.9 Å². The number of benzene rings is 1. The van der Waals surface area contributed by atoms with Crippen LogP contribution in [0.2, 0.25) is 5.02 Å². The second-order valence-corrected chi connectivity index (χ2v) is 10.00. The van der Waals surface area contributed by atoms with Crippen LogP contribution < -0.4 is 14.9 Å². The van der Waals surface area contributed by atoms with Crippen LogP contribution in [0.3, 0.4) is 0 Å². The molecule has 2 N–H and O–H groups in total. The van der Waals surface area contributed by atoms with Gasteiger partial charge in [-0.15, -0.1) is 0 Å². The minimum absolute atomic E-state index is 0.0855. The molecule has 2 unspecified atom stereocenters. The van der Waals surface area contributed by atoms with Crippen molar-refractivity contribution in [3.8, 4) is 0 Å². The van der Waals surface area contributed by atoms with Gasteiger partial charge in [0.2, 0.25) is 10.0 Å². The molecule has 1 aromatic rings. The SMILES string of the molecule is CS(=O)(=O)NCC1CCCCN1C(=O)NCC1CCN(c2ccc(Cl)cc2)C1. The average molecular weight is 429 g/mol. The Morgan fingerprint density at radius 2 is 1.89 bits per heavy atom. The molecule has 0 saturated carbocycles. The number of sulfonamides is 1. The Balaban J connectivity index is 1.48. The summed E-state index contributed by atoms with van der Waals surface area (Å²) in [6.07, 6.45) is 4.97. The van der Waals surface area contributed by atoms with Crippen molar-refractivity contribution in [1.29, 1.82) is 0 Å². The van der Waals surface area contributed by atoms with Crippen LogP contribution in [-0.2, 0) is 10.0 Å². The lowest BCUT2D eigenvalue weighted by atomic mass is 10.0. The maximum Gasteiger partial charge on any atom is 0.317 e. The van der Waals surface area contributed by atoms with E-state index in [0.29, 0.717) is 19.0 Å². The van der Waals surface area contributed by atoms with Crippen molar-refractivity contribution < 1.29 is 13.2 Å². The Bertz CT molecular complexity index is 772. The number of carbonyl (C=O) groups excluding carboxylic acids is 1. The molecule has 2 aliphatic rings. The Morgan fingerprint density at radius 1 is 1.14 bits per heavy atom.